The Morgan fingerprint density at radius 2 is 2.17 bits per heavy atom. The van der Waals surface area contributed by atoms with Crippen LogP contribution in [0.25, 0.3) is 16.8 Å². The lowest BCUT2D eigenvalue weighted by atomic mass is 9.95. The molecule has 1 fully saturated rings. The Morgan fingerprint density at radius 1 is 1.38 bits per heavy atom. The molecule has 0 saturated carbocycles. The molecule has 5 heterocycles. The maximum absolute atomic E-state index is 14.9. The summed E-state index contributed by atoms with van der Waals surface area (Å²) in [6.45, 7) is -4.09. The maximum atomic E-state index is 14.9. The zero-order valence-corrected chi connectivity index (χ0v) is 22.5. The molecule has 0 aliphatic carbocycles. The van der Waals surface area contributed by atoms with Crippen LogP contribution in [-0.2, 0) is 30.3 Å². The Kier molecular flexibility index (Phi) is 8.02. The van der Waals surface area contributed by atoms with Gasteiger partial charge in [0.1, 0.15) is 12.4 Å². The number of aromatic nitrogens is 9. The van der Waals surface area contributed by atoms with Crippen LogP contribution in [0.1, 0.15) is 30.9 Å². The smallest absolute Gasteiger partial charge is 0.327 e. The molecule has 7 N–H and O–H groups in total. The topological polar surface area (TPSA) is 249 Å². The van der Waals surface area contributed by atoms with E-state index >= 15 is 0 Å². The third-order valence-electron chi connectivity index (χ3n) is 6.24. The molecule has 1 saturated heterocycles. The molecule has 18 nitrogen and oxygen atoms in total. The van der Waals surface area contributed by atoms with Crippen LogP contribution in [0.5, 0.6) is 0 Å². The highest BCUT2D eigenvalue weighted by atomic mass is 32.5. The number of hydrogen-bond donors (Lipinski definition) is 5. The first-order valence-corrected chi connectivity index (χ1v) is 14.3. The quantitative estimate of drug-likeness (QED) is 0.134. The first kappa shape index (κ1) is 28.3. The summed E-state index contributed by atoms with van der Waals surface area (Å²) in [6, 6.07) is 0. The Balaban J connectivity index is 1.26. The molecule has 4 aromatic rings. The average molecular weight is 602 g/mol. The van der Waals surface area contributed by atoms with Gasteiger partial charge in [-0.3, -0.25) is 14.3 Å². The monoisotopic (exact) mass is 601 g/mol. The van der Waals surface area contributed by atoms with Crippen LogP contribution in [0.4, 0.5) is 16.2 Å². The van der Waals surface area contributed by atoms with Crippen molar-refractivity contribution in [3.63, 3.8) is 0 Å². The summed E-state index contributed by atoms with van der Waals surface area (Å²) in [5, 5.41) is 21.6. The average Bonchev–Trinajstić information content (AvgIpc) is 3.62. The fourth-order valence-corrected chi connectivity index (χ4v) is 5.53. The third kappa shape index (κ3) is 5.65. The number of nitrogen functional groups attached to an aromatic ring is 2. The minimum atomic E-state index is -4.26. The number of nitrogens with zero attached hydrogens (tertiary/aromatic N) is 8. The first-order chi connectivity index (χ1) is 19.1. The molecule has 0 amide bonds. The number of methoxy groups -OCH3 is 1. The molecule has 6 atom stereocenters. The van der Waals surface area contributed by atoms with Crippen LogP contribution < -0.4 is 17.0 Å². The van der Waals surface area contributed by atoms with E-state index in [0.717, 1.165) is 0 Å². The lowest BCUT2D eigenvalue weighted by Gasteiger charge is -2.24. The molecule has 40 heavy (non-hydrogen) atoms. The van der Waals surface area contributed by atoms with E-state index in [0.29, 0.717) is 35.5 Å². The molecule has 1 aliphatic rings. The molecular formula is C19H25FN11O7PS. The summed E-state index contributed by atoms with van der Waals surface area (Å²) >= 11 is 4.96. The van der Waals surface area contributed by atoms with Gasteiger partial charge < -0.3 is 35.5 Å². The van der Waals surface area contributed by atoms with E-state index in [4.69, 9.17) is 41.8 Å². The van der Waals surface area contributed by atoms with Gasteiger partial charge in [-0.1, -0.05) is 5.21 Å². The second-order valence-electron chi connectivity index (χ2n) is 8.80. The van der Waals surface area contributed by atoms with Gasteiger partial charge in [-0.15, -0.1) is 5.10 Å². The predicted octanol–water partition coefficient (Wildman–Crippen LogP) is -0.664. The molecule has 0 spiro atoms. The van der Waals surface area contributed by atoms with Crippen molar-refractivity contribution in [2.24, 2.45) is 5.92 Å². The van der Waals surface area contributed by atoms with Crippen molar-refractivity contribution in [3.05, 3.63) is 28.6 Å². The number of alkyl halides is 1. The van der Waals surface area contributed by atoms with Crippen LogP contribution in [-0.4, -0.2) is 87.3 Å². The van der Waals surface area contributed by atoms with Crippen molar-refractivity contribution in [1.82, 2.24) is 44.5 Å². The zero-order valence-electron chi connectivity index (χ0n) is 20.8. The van der Waals surface area contributed by atoms with Gasteiger partial charge in [-0.25, -0.2) is 18.9 Å². The molecule has 0 radical (unpaired) electrons. The number of halogens is 1. The van der Waals surface area contributed by atoms with Crippen LogP contribution in [0.3, 0.4) is 0 Å². The van der Waals surface area contributed by atoms with Gasteiger partial charge >= 0.3 is 6.72 Å². The van der Waals surface area contributed by atoms with Crippen LogP contribution in [0.15, 0.2) is 17.3 Å². The Bertz CT molecular complexity index is 1620. The maximum Gasteiger partial charge on any atom is 0.327 e. The van der Waals surface area contributed by atoms with Crippen molar-refractivity contribution in [2.45, 2.75) is 37.6 Å². The number of hydrogen-bond acceptors (Lipinski definition) is 15. The van der Waals surface area contributed by atoms with Gasteiger partial charge in [-0.2, -0.15) is 14.8 Å². The number of imidazole rings is 1. The SMILES string of the molecule is COCC[C@H]1C[C@H](c2cnc3c(N)ncnn23)O[C@@H]1COP(O)(=S)O[C@H](F)[C@@H](O)n1nnc2c(=O)[nH]c(N)nc21. The molecule has 21 heteroatoms. The summed E-state index contributed by atoms with van der Waals surface area (Å²) < 4.78 is 38.6. The lowest BCUT2D eigenvalue weighted by molar-refractivity contribution is -0.0991. The van der Waals surface area contributed by atoms with Crippen LogP contribution >= 0.6 is 6.72 Å². The van der Waals surface area contributed by atoms with E-state index in [-0.39, 0.29) is 35.5 Å². The Morgan fingerprint density at radius 3 is 2.95 bits per heavy atom. The van der Waals surface area contributed by atoms with E-state index in [2.05, 4.69) is 35.3 Å². The largest absolute Gasteiger partial charge is 0.385 e. The van der Waals surface area contributed by atoms with Gasteiger partial charge in [-0.05, 0) is 30.6 Å². The molecular weight excluding hydrogens is 576 g/mol. The van der Waals surface area contributed by atoms with Crippen molar-refractivity contribution >= 4 is 47.1 Å². The first-order valence-electron chi connectivity index (χ1n) is 11.7. The Hall–Kier alpha value is -3.23. The van der Waals surface area contributed by atoms with E-state index in [1.807, 2.05) is 0 Å². The van der Waals surface area contributed by atoms with Gasteiger partial charge in [0, 0.05) is 13.7 Å². The number of anilines is 2. The molecule has 216 valence electrons. The van der Waals surface area contributed by atoms with Gasteiger partial charge in [0.05, 0.1) is 24.6 Å². The number of nitrogens with two attached hydrogens (primary N) is 2. The fraction of sp³-hybridized carbons (Fsp3) is 0.526. The molecule has 0 aromatic carbocycles. The number of H-pyrrole nitrogens is 1. The van der Waals surface area contributed by atoms with E-state index in [9.17, 15) is 19.2 Å². The minimum Gasteiger partial charge on any atom is -0.385 e. The van der Waals surface area contributed by atoms with E-state index in [1.54, 1.807) is 13.3 Å². The number of aliphatic hydroxyl groups is 1. The second-order valence-corrected chi connectivity index (χ2v) is 11.6. The number of ether oxygens (including phenoxy) is 2. The minimum absolute atomic E-state index is 0.104. The van der Waals surface area contributed by atoms with E-state index < -0.39 is 37.1 Å². The molecule has 5 rings (SSSR count). The number of fused-ring (bicyclic) bond motifs is 2. The standard InChI is InChI=1S/C19H25FN11O7PS/c1-35-3-2-8-4-10(9-5-23-16-14(21)24-7-25-30(9)16)37-11(8)6-36-39(34,40)38-13(20)18(33)31-15-12(28-29-31)17(32)27-19(22)26-15/h5,7-8,10-11,13,18,33H,2-4,6H2,1H3,(H,34,40)(H2,21,24,25)(H3,22,26,27,32)/t8-,10+,11+,13-,18+,39?/m0/s1. The normalized spacial score (nSPS) is 22.6. The summed E-state index contributed by atoms with van der Waals surface area (Å²) in [5.41, 5.74) is 11.0. The van der Waals surface area contributed by atoms with Gasteiger partial charge in [0.2, 0.25) is 12.2 Å². The second kappa shape index (κ2) is 11.3. The highest BCUT2D eigenvalue weighted by Gasteiger charge is 2.39. The fourth-order valence-electron chi connectivity index (χ4n) is 4.34. The van der Waals surface area contributed by atoms with Crippen molar-refractivity contribution in [2.75, 3.05) is 31.8 Å². The highest BCUT2D eigenvalue weighted by Crippen LogP contribution is 2.48. The van der Waals surface area contributed by atoms with Crippen molar-refractivity contribution < 1.29 is 32.9 Å². The third-order valence-corrected chi connectivity index (χ3v) is 7.75. The number of rotatable bonds is 11. The number of nitrogens with one attached hydrogen (secondary N) is 1. The van der Waals surface area contributed by atoms with Gasteiger partial charge in [0.25, 0.3) is 11.9 Å². The van der Waals surface area contributed by atoms with Crippen LogP contribution in [0.2, 0.25) is 0 Å². The van der Waals surface area contributed by atoms with Crippen LogP contribution in [0, 0.1) is 5.92 Å². The summed E-state index contributed by atoms with van der Waals surface area (Å²) in [5.74, 6) is -0.202. The van der Waals surface area contributed by atoms with Crippen molar-refractivity contribution in [3.8, 4) is 0 Å². The predicted molar refractivity (Wildman–Crippen MR) is 137 cm³/mol. The molecule has 0 bridgehead atoms. The summed E-state index contributed by atoms with van der Waals surface area (Å²) in [6.07, 6.45) is -1.87. The number of aromatic amines is 1. The summed E-state index contributed by atoms with van der Waals surface area (Å²) in [4.78, 5) is 36.6. The van der Waals surface area contributed by atoms with E-state index in [1.165, 1.54) is 10.8 Å². The molecule has 1 unspecified atom stereocenters. The number of aliphatic hydroxyl groups excluding tert-OH is 1. The molecule has 4 aromatic heterocycles. The highest BCUT2D eigenvalue weighted by molar-refractivity contribution is 8.07. The van der Waals surface area contributed by atoms with Crippen molar-refractivity contribution in [1.29, 1.82) is 0 Å². The summed E-state index contributed by atoms with van der Waals surface area (Å²) in [7, 11) is 1.56. The lowest BCUT2D eigenvalue weighted by Crippen LogP contribution is -2.26. The van der Waals surface area contributed by atoms with Gasteiger partial charge in [0.15, 0.2) is 22.6 Å². The zero-order chi connectivity index (χ0) is 28.6. The Labute approximate surface area is 228 Å². The molecule has 1 aliphatic heterocycles.